The molecule has 0 N–H and O–H groups in total. The lowest BCUT2D eigenvalue weighted by molar-refractivity contribution is 0.0643. The smallest absolute Gasteiger partial charge is 0.257 e. The fraction of sp³-hybridized carbons (Fsp3) is 0.588. The van der Waals surface area contributed by atoms with Gasteiger partial charge in [-0.15, -0.1) is 0 Å². The van der Waals surface area contributed by atoms with E-state index < -0.39 is 0 Å². The number of rotatable bonds is 5. The summed E-state index contributed by atoms with van der Waals surface area (Å²) in [5.41, 5.74) is 0.558. The lowest BCUT2D eigenvalue weighted by Crippen LogP contribution is -2.45. The van der Waals surface area contributed by atoms with Crippen LogP contribution in [-0.4, -0.2) is 62.7 Å². The number of likely N-dealkylation sites (tertiary alicyclic amines) is 1. The first kappa shape index (κ1) is 16.6. The average molecular weight is 306 g/mol. The molecule has 22 heavy (non-hydrogen) atoms. The van der Waals surface area contributed by atoms with E-state index in [0.717, 1.165) is 32.5 Å². The minimum atomic E-state index is -0.00861. The summed E-state index contributed by atoms with van der Waals surface area (Å²) in [5, 5.41) is 0. The molecule has 1 heterocycles. The van der Waals surface area contributed by atoms with Gasteiger partial charge in [0.05, 0.1) is 19.8 Å². The van der Waals surface area contributed by atoms with Crippen LogP contribution in [0.2, 0.25) is 0 Å². The maximum atomic E-state index is 12.8. The molecule has 0 saturated carbocycles. The zero-order valence-corrected chi connectivity index (χ0v) is 14.0. The first-order chi connectivity index (χ1) is 10.6. The van der Waals surface area contributed by atoms with Gasteiger partial charge in [-0.1, -0.05) is 13.0 Å². The Morgan fingerprint density at radius 1 is 1.27 bits per heavy atom. The molecule has 1 aromatic rings. The average Bonchev–Trinajstić information content (AvgIpc) is 2.59. The third-order valence-corrected chi connectivity index (χ3v) is 4.51. The highest BCUT2D eigenvalue weighted by atomic mass is 16.5. The predicted octanol–water partition coefficient (Wildman–Crippen LogP) is 2.26. The van der Waals surface area contributed by atoms with Crippen molar-refractivity contribution in [1.82, 2.24) is 9.80 Å². The van der Waals surface area contributed by atoms with Gasteiger partial charge in [0.1, 0.15) is 0 Å². The van der Waals surface area contributed by atoms with Crippen molar-refractivity contribution in [3.8, 4) is 11.5 Å². The van der Waals surface area contributed by atoms with Gasteiger partial charge in [0.2, 0.25) is 0 Å². The van der Waals surface area contributed by atoms with Gasteiger partial charge in [0.15, 0.2) is 11.5 Å². The molecule has 2 rings (SSSR count). The molecule has 0 atom stereocenters. The monoisotopic (exact) mass is 306 g/mol. The molecule has 1 aliphatic heterocycles. The summed E-state index contributed by atoms with van der Waals surface area (Å²) in [6.45, 7) is 5.35. The number of carbonyl (C=O) groups is 1. The topological polar surface area (TPSA) is 42.0 Å². The molecule has 1 fully saturated rings. The maximum absolute atomic E-state index is 12.8. The Hall–Kier alpha value is -1.75. The van der Waals surface area contributed by atoms with Crippen molar-refractivity contribution in [2.45, 2.75) is 25.8 Å². The largest absolute Gasteiger partial charge is 0.493 e. The molecule has 1 amide bonds. The third kappa shape index (κ3) is 3.35. The lowest BCUT2D eigenvalue weighted by atomic mass is 10.0. The van der Waals surface area contributed by atoms with E-state index in [4.69, 9.17) is 9.47 Å². The molecule has 0 aromatic heterocycles. The Kier molecular flexibility index (Phi) is 5.66. The minimum absolute atomic E-state index is 0.00861. The quantitative estimate of drug-likeness (QED) is 0.837. The molecule has 0 unspecified atom stereocenters. The lowest BCUT2D eigenvalue weighted by Gasteiger charge is -2.36. The molecule has 0 radical (unpaired) electrons. The Labute approximate surface area is 132 Å². The van der Waals surface area contributed by atoms with Crippen LogP contribution in [0.1, 0.15) is 30.1 Å². The van der Waals surface area contributed by atoms with Gasteiger partial charge in [0, 0.05) is 26.2 Å². The summed E-state index contributed by atoms with van der Waals surface area (Å²) in [5.74, 6) is 1.08. The number of amides is 1. The Bertz CT molecular complexity index is 511. The summed E-state index contributed by atoms with van der Waals surface area (Å²) in [6.07, 6.45) is 2.03. The van der Waals surface area contributed by atoms with Crippen molar-refractivity contribution in [3.05, 3.63) is 23.8 Å². The first-order valence-electron chi connectivity index (χ1n) is 7.82. The van der Waals surface area contributed by atoms with Crippen LogP contribution in [0.3, 0.4) is 0 Å². The predicted molar refractivity (Wildman–Crippen MR) is 86.8 cm³/mol. The molecule has 1 saturated heterocycles. The normalized spacial score (nSPS) is 16.4. The summed E-state index contributed by atoms with van der Waals surface area (Å²) in [4.78, 5) is 17.1. The van der Waals surface area contributed by atoms with Crippen molar-refractivity contribution >= 4 is 5.91 Å². The second kappa shape index (κ2) is 7.49. The highest BCUT2D eigenvalue weighted by Gasteiger charge is 2.27. The van der Waals surface area contributed by atoms with E-state index in [0.29, 0.717) is 17.1 Å². The van der Waals surface area contributed by atoms with E-state index >= 15 is 0 Å². The fourth-order valence-electron chi connectivity index (χ4n) is 3.03. The molecule has 122 valence electrons. The zero-order valence-electron chi connectivity index (χ0n) is 14.0. The Morgan fingerprint density at radius 3 is 2.50 bits per heavy atom. The molecule has 5 heteroatoms. The van der Waals surface area contributed by atoms with Gasteiger partial charge in [-0.2, -0.15) is 0 Å². The summed E-state index contributed by atoms with van der Waals surface area (Å²) < 4.78 is 10.7. The summed E-state index contributed by atoms with van der Waals surface area (Å²) in [6, 6.07) is 5.70. The van der Waals surface area contributed by atoms with Crippen LogP contribution in [-0.2, 0) is 0 Å². The highest BCUT2D eigenvalue weighted by Crippen LogP contribution is 2.32. The number of para-hydroxylation sites is 1. The minimum Gasteiger partial charge on any atom is -0.493 e. The number of piperidine rings is 1. The van der Waals surface area contributed by atoms with Crippen molar-refractivity contribution in [2.24, 2.45) is 0 Å². The molecular weight excluding hydrogens is 280 g/mol. The van der Waals surface area contributed by atoms with Crippen LogP contribution in [0.25, 0.3) is 0 Å². The number of benzene rings is 1. The second-order valence-corrected chi connectivity index (χ2v) is 5.62. The van der Waals surface area contributed by atoms with Gasteiger partial charge < -0.3 is 19.3 Å². The molecule has 1 aromatic carbocycles. The number of carbonyl (C=O) groups excluding carboxylic acids is 1. The van der Waals surface area contributed by atoms with Crippen LogP contribution < -0.4 is 9.47 Å². The van der Waals surface area contributed by atoms with Crippen LogP contribution in [0.15, 0.2) is 18.2 Å². The molecule has 1 aliphatic rings. The number of ether oxygens (including phenoxy) is 2. The Morgan fingerprint density at radius 2 is 1.95 bits per heavy atom. The van der Waals surface area contributed by atoms with E-state index in [2.05, 4.69) is 11.8 Å². The number of nitrogens with zero attached hydrogens (tertiary/aromatic N) is 2. The molecule has 5 nitrogen and oxygen atoms in total. The first-order valence-corrected chi connectivity index (χ1v) is 7.82. The summed E-state index contributed by atoms with van der Waals surface area (Å²) in [7, 11) is 5.03. The third-order valence-electron chi connectivity index (χ3n) is 4.51. The number of hydrogen-bond acceptors (Lipinski definition) is 4. The van der Waals surface area contributed by atoms with E-state index in [1.54, 1.807) is 26.4 Å². The molecule has 0 spiro atoms. The van der Waals surface area contributed by atoms with E-state index in [-0.39, 0.29) is 11.9 Å². The van der Waals surface area contributed by atoms with Gasteiger partial charge in [0.25, 0.3) is 5.91 Å². The van der Waals surface area contributed by atoms with E-state index in [1.165, 1.54) is 0 Å². The molecule has 0 aliphatic carbocycles. The van der Waals surface area contributed by atoms with Crippen LogP contribution in [0.4, 0.5) is 0 Å². The van der Waals surface area contributed by atoms with E-state index in [9.17, 15) is 4.79 Å². The van der Waals surface area contributed by atoms with Gasteiger partial charge >= 0.3 is 0 Å². The standard InChI is InChI=1S/C17H26N2O3/c1-5-19-11-9-13(10-12-19)18(2)17(20)14-7-6-8-15(21-3)16(14)22-4/h6-8,13H,5,9-12H2,1-4H3. The van der Waals surface area contributed by atoms with E-state index in [1.807, 2.05) is 18.0 Å². The fourth-order valence-corrected chi connectivity index (χ4v) is 3.03. The van der Waals surface area contributed by atoms with Crippen LogP contribution >= 0.6 is 0 Å². The SMILES string of the molecule is CCN1CCC(N(C)C(=O)c2cccc(OC)c2OC)CC1. The molecule has 0 bridgehead atoms. The van der Waals surface area contributed by atoms with Gasteiger partial charge in [-0.3, -0.25) is 4.79 Å². The van der Waals surface area contributed by atoms with Crippen LogP contribution in [0, 0.1) is 0 Å². The van der Waals surface area contributed by atoms with Crippen molar-refractivity contribution in [3.63, 3.8) is 0 Å². The van der Waals surface area contributed by atoms with Crippen molar-refractivity contribution in [1.29, 1.82) is 0 Å². The van der Waals surface area contributed by atoms with Crippen LogP contribution in [0.5, 0.6) is 11.5 Å². The van der Waals surface area contributed by atoms with Crippen molar-refractivity contribution < 1.29 is 14.3 Å². The Balaban J connectivity index is 2.14. The highest BCUT2D eigenvalue weighted by molar-refractivity contribution is 5.97. The van der Waals surface area contributed by atoms with Crippen molar-refractivity contribution in [2.75, 3.05) is 40.9 Å². The zero-order chi connectivity index (χ0) is 16.1. The number of hydrogen-bond donors (Lipinski definition) is 0. The second-order valence-electron chi connectivity index (χ2n) is 5.62. The maximum Gasteiger partial charge on any atom is 0.257 e. The number of methoxy groups -OCH3 is 2. The van der Waals surface area contributed by atoms with Gasteiger partial charge in [-0.05, 0) is 31.5 Å². The summed E-state index contributed by atoms with van der Waals surface area (Å²) >= 11 is 0. The van der Waals surface area contributed by atoms with Gasteiger partial charge in [-0.25, -0.2) is 0 Å². The molecular formula is C17H26N2O3.